The van der Waals surface area contributed by atoms with E-state index in [-0.39, 0.29) is 6.03 Å². The maximum absolute atomic E-state index is 12.1. The number of amides is 2. The van der Waals surface area contributed by atoms with Gasteiger partial charge in [-0.1, -0.05) is 30.3 Å². The maximum atomic E-state index is 12.1. The van der Waals surface area contributed by atoms with Crippen molar-refractivity contribution in [3.63, 3.8) is 0 Å². The van der Waals surface area contributed by atoms with Gasteiger partial charge in [0.2, 0.25) is 0 Å². The molecule has 0 bridgehead atoms. The molecule has 1 saturated heterocycles. The molecule has 1 aliphatic heterocycles. The minimum absolute atomic E-state index is 0.239. The minimum atomic E-state index is -0.239. The van der Waals surface area contributed by atoms with Crippen molar-refractivity contribution in [1.82, 2.24) is 5.32 Å². The van der Waals surface area contributed by atoms with E-state index < -0.39 is 0 Å². The highest BCUT2D eigenvalue weighted by Gasteiger charge is 2.15. The predicted molar refractivity (Wildman–Crippen MR) is 98.4 cm³/mol. The van der Waals surface area contributed by atoms with E-state index >= 15 is 0 Å². The van der Waals surface area contributed by atoms with Gasteiger partial charge in [-0.25, -0.2) is 4.79 Å². The first kappa shape index (κ1) is 17.1. The minimum Gasteiger partial charge on any atom is -0.492 e. The summed E-state index contributed by atoms with van der Waals surface area (Å²) in [5.41, 5.74) is 1.81. The average Bonchev–Trinajstić information content (AvgIpc) is 2.67. The number of para-hydroxylation sites is 3. The zero-order valence-corrected chi connectivity index (χ0v) is 14.1. The van der Waals surface area contributed by atoms with E-state index in [0.717, 1.165) is 30.2 Å². The van der Waals surface area contributed by atoms with E-state index in [4.69, 9.17) is 9.47 Å². The Morgan fingerprint density at radius 3 is 2.56 bits per heavy atom. The monoisotopic (exact) mass is 341 g/mol. The van der Waals surface area contributed by atoms with Crippen molar-refractivity contribution in [3.05, 3.63) is 54.6 Å². The second-order valence-corrected chi connectivity index (χ2v) is 5.66. The number of urea groups is 1. The molecule has 1 fully saturated rings. The summed E-state index contributed by atoms with van der Waals surface area (Å²) in [4.78, 5) is 14.4. The van der Waals surface area contributed by atoms with Crippen molar-refractivity contribution < 1.29 is 14.3 Å². The molecule has 1 aliphatic rings. The van der Waals surface area contributed by atoms with Gasteiger partial charge in [-0.2, -0.15) is 0 Å². The third-order valence-corrected chi connectivity index (χ3v) is 3.90. The molecule has 6 nitrogen and oxygen atoms in total. The molecule has 2 aromatic rings. The Morgan fingerprint density at radius 2 is 1.76 bits per heavy atom. The molecule has 0 atom stereocenters. The quantitative estimate of drug-likeness (QED) is 0.793. The standard InChI is InChI=1S/C19H23N3O3/c23-19(20-10-13-25-16-6-2-1-3-7-16)21-17-8-4-5-9-18(17)22-11-14-24-15-12-22/h1-9H,10-15H2,(H2,20,21,23). The molecule has 2 N–H and O–H groups in total. The van der Waals surface area contributed by atoms with E-state index in [1.807, 2.05) is 54.6 Å². The van der Waals surface area contributed by atoms with Crippen LogP contribution in [0.1, 0.15) is 0 Å². The highest BCUT2D eigenvalue weighted by molar-refractivity contribution is 5.93. The van der Waals surface area contributed by atoms with Crippen molar-refractivity contribution in [2.24, 2.45) is 0 Å². The largest absolute Gasteiger partial charge is 0.492 e. The number of ether oxygens (including phenoxy) is 2. The SMILES string of the molecule is O=C(NCCOc1ccccc1)Nc1ccccc1N1CCOCC1. The van der Waals surface area contributed by atoms with Gasteiger partial charge in [0.15, 0.2) is 0 Å². The number of carbonyl (C=O) groups excluding carboxylic acids is 1. The van der Waals surface area contributed by atoms with Crippen molar-refractivity contribution in [1.29, 1.82) is 0 Å². The smallest absolute Gasteiger partial charge is 0.319 e. The Morgan fingerprint density at radius 1 is 1.04 bits per heavy atom. The van der Waals surface area contributed by atoms with E-state index in [1.54, 1.807) is 0 Å². The third kappa shape index (κ3) is 5.12. The van der Waals surface area contributed by atoms with Gasteiger partial charge in [0.1, 0.15) is 12.4 Å². The van der Waals surface area contributed by atoms with E-state index in [9.17, 15) is 4.79 Å². The number of nitrogens with one attached hydrogen (secondary N) is 2. The van der Waals surface area contributed by atoms with Crippen molar-refractivity contribution in [2.75, 3.05) is 49.7 Å². The van der Waals surface area contributed by atoms with Crippen LogP contribution in [0.4, 0.5) is 16.2 Å². The molecule has 0 aliphatic carbocycles. The molecule has 132 valence electrons. The zero-order valence-electron chi connectivity index (χ0n) is 14.1. The molecule has 0 radical (unpaired) electrons. The fraction of sp³-hybridized carbons (Fsp3) is 0.316. The number of rotatable bonds is 6. The Labute approximate surface area is 147 Å². The first-order valence-electron chi connectivity index (χ1n) is 8.47. The molecule has 0 saturated carbocycles. The molecule has 0 unspecified atom stereocenters. The Kier molecular flexibility index (Phi) is 6.11. The fourth-order valence-corrected chi connectivity index (χ4v) is 2.68. The molecule has 6 heteroatoms. The molecule has 0 spiro atoms. The number of hydrogen-bond donors (Lipinski definition) is 2. The second-order valence-electron chi connectivity index (χ2n) is 5.66. The Hall–Kier alpha value is -2.73. The van der Waals surface area contributed by atoms with Gasteiger partial charge in [-0.05, 0) is 24.3 Å². The zero-order chi connectivity index (χ0) is 17.3. The van der Waals surface area contributed by atoms with Gasteiger partial charge in [-0.15, -0.1) is 0 Å². The fourth-order valence-electron chi connectivity index (χ4n) is 2.68. The number of hydrogen-bond acceptors (Lipinski definition) is 4. The van der Waals surface area contributed by atoms with E-state index in [2.05, 4.69) is 15.5 Å². The number of carbonyl (C=O) groups is 1. The number of benzene rings is 2. The lowest BCUT2D eigenvalue weighted by Gasteiger charge is -2.30. The molecule has 3 rings (SSSR count). The van der Waals surface area contributed by atoms with Gasteiger partial charge in [-0.3, -0.25) is 0 Å². The summed E-state index contributed by atoms with van der Waals surface area (Å²) in [6.45, 7) is 3.91. The summed E-state index contributed by atoms with van der Waals surface area (Å²) in [6.07, 6.45) is 0. The van der Waals surface area contributed by atoms with E-state index in [1.165, 1.54) is 0 Å². The third-order valence-electron chi connectivity index (χ3n) is 3.90. The molecular formula is C19H23N3O3. The van der Waals surface area contributed by atoms with Gasteiger partial charge in [0, 0.05) is 13.1 Å². The normalized spacial score (nSPS) is 14.0. The molecule has 2 aromatic carbocycles. The molecular weight excluding hydrogens is 318 g/mol. The summed E-state index contributed by atoms with van der Waals surface area (Å²) in [6, 6.07) is 17.1. The highest BCUT2D eigenvalue weighted by atomic mass is 16.5. The maximum Gasteiger partial charge on any atom is 0.319 e. The predicted octanol–water partition coefficient (Wildman–Crippen LogP) is 2.72. The van der Waals surface area contributed by atoms with Crippen LogP contribution in [-0.4, -0.2) is 45.5 Å². The van der Waals surface area contributed by atoms with Crippen LogP contribution in [0.3, 0.4) is 0 Å². The first-order valence-corrected chi connectivity index (χ1v) is 8.47. The summed E-state index contributed by atoms with van der Waals surface area (Å²) in [7, 11) is 0. The van der Waals surface area contributed by atoms with Crippen LogP contribution >= 0.6 is 0 Å². The first-order chi connectivity index (χ1) is 12.3. The van der Waals surface area contributed by atoms with Crippen LogP contribution in [0.5, 0.6) is 5.75 Å². The summed E-state index contributed by atoms with van der Waals surface area (Å²) in [5.74, 6) is 0.794. The van der Waals surface area contributed by atoms with Gasteiger partial charge < -0.3 is 25.0 Å². The number of anilines is 2. The summed E-state index contributed by atoms with van der Waals surface area (Å²) >= 11 is 0. The van der Waals surface area contributed by atoms with Crippen LogP contribution in [-0.2, 0) is 4.74 Å². The van der Waals surface area contributed by atoms with Crippen LogP contribution in [0, 0.1) is 0 Å². The van der Waals surface area contributed by atoms with Crippen molar-refractivity contribution >= 4 is 17.4 Å². The summed E-state index contributed by atoms with van der Waals surface area (Å²) in [5, 5.41) is 5.73. The van der Waals surface area contributed by atoms with Crippen LogP contribution in [0.25, 0.3) is 0 Å². The van der Waals surface area contributed by atoms with Crippen LogP contribution < -0.4 is 20.3 Å². The highest BCUT2D eigenvalue weighted by Crippen LogP contribution is 2.26. The van der Waals surface area contributed by atoms with Crippen LogP contribution in [0.15, 0.2) is 54.6 Å². The van der Waals surface area contributed by atoms with Gasteiger partial charge >= 0.3 is 6.03 Å². The average molecular weight is 341 g/mol. The molecule has 25 heavy (non-hydrogen) atoms. The lowest BCUT2D eigenvalue weighted by molar-refractivity contribution is 0.123. The Balaban J connectivity index is 1.47. The van der Waals surface area contributed by atoms with Crippen LogP contribution in [0.2, 0.25) is 0 Å². The molecule has 0 aromatic heterocycles. The molecule has 1 heterocycles. The topological polar surface area (TPSA) is 62.8 Å². The van der Waals surface area contributed by atoms with Crippen molar-refractivity contribution in [2.45, 2.75) is 0 Å². The van der Waals surface area contributed by atoms with Crippen molar-refractivity contribution in [3.8, 4) is 5.75 Å². The number of nitrogens with zero attached hydrogens (tertiary/aromatic N) is 1. The lowest BCUT2D eigenvalue weighted by Crippen LogP contribution is -2.37. The van der Waals surface area contributed by atoms with Gasteiger partial charge in [0.05, 0.1) is 31.1 Å². The second kappa shape index (κ2) is 8.94. The van der Waals surface area contributed by atoms with E-state index in [0.29, 0.717) is 26.4 Å². The summed E-state index contributed by atoms with van der Waals surface area (Å²) < 4.78 is 10.9. The Bertz CT molecular complexity index is 673. The number of morpholine rings is 1. The molecule has 2 amide bonds. The lowest BCUT2D eigenvalue weighted by atomic mass is 10.2. The van der Waals surface area contributed by atoms with Gasteiger partial charge in [0.25, 0.3) is 0 Å².